The first-order valence-corrected chi connectivity index (χ1v) is 6.88. The second kappa shape index (κ2) is 5.82. The van der Waals surface area contributed by atoms with Gasteiger partial charge in [-0.2, -0.15) is 0 Å². The molecular formula is C18H16N2O. The summed E-state index contributed by atoms with van der Waals surface area (Å²) in [6, 6.07) is 16.3. The average Bonchev–Trinajstić information content (AvgIpc) is 2.83. The Hall–Kier alpha value is -2.57. The summed E-state index contributed by atoms with van der Waals surface area (Å²) in [4.78, 5) is 4.58. The van der Waals surface area contributed by atoms with Crippen molar-refractivity contribution in [3.8, 4) is 11.8 Å². The molecular weight excluding hydrogens is 260 g/mol. The highest BCUT2D eigenvalue weighted by Gasteiger charge is 2.06. The van der Waals surface area contributed by atoms with Crippen molar-refractivity contribution < 1.29 is 5.11 Å². The van der Waals surface area contributed by atoms with Gasteiger partial charge in [-0.05, 0) is 36.8 Å². The van der Waals surface area contributed by atoms with Crippen LogP contribution in [0.25, 0.3) is 11.0 Å². The van der Waals surface area contributed by atoms with Crippen LogP contribution in [0.4, 0.5) is 0 Å². The molecule has 3 rings (SSSR count). The Kier molecular flexibility index (Phi) is 3.72. The van der Waals surface area contributed by atoms with Crippen molar-refractivity contribution in [1.29, 1.82) is 0 Å². The fourth-order valence-electron chi connectivity index (χ4n) is 2.41. The molecule has 3 aromatic rings. The standard InChI is InChI=1S/C18H16N2O/c1-14-19-17-6-2-3-7-18(17)20(14)13-16-10-8-15(9-11-16)5-4-12-21/h2-3,6-11,21H,12-13H2,1H3. The number of nitrogens with zero attached hydrogens (tertiary/aromatic N) is 2. The largest absolute Gasteiger partial charge is 0.384 e. The highest BCUT2D eigenvalue weighted by molar-refractivity contribution is 5.75. The van der Waals surface area contributed by atoms with E-state index in [1.165, 1.54) is 5.56 Å². The molecule has 104 valence electrons. The Morgan fingerprint density at radius 2 is 1.86 bits per heavy atom. The number of para-hydroxylation sites is 2. The van der Waals surface area contributed by atoms with Crippen molar-refractivity contribution in [3.05, 3.63) is 65.5 Å². The third-order valence-electron chi connectivity index (χ3n) is 3.45. The van der Waals surface area contributed by atoms with E-state index in [1.807, 2.05) is 37.3 Å². The van der Waals surface area contributed by atoms with Crippen LogP contribution >= 0.6 is 0 Å². The molecule has 0 saturated carbocycles. The van der Waals surface area contributed by atoms with E-state index in [9.17, 15) is 0 Å². The molecule has 0 aliphatic heterocycles. The summed E-state index contributed by atoms with van der Waals surface area (Å²) in [5, 5.41) is 8.70. The van der Waals surface area contributed by atoms with Gasteiger partial charge in [-0.3, -0.25) is 0 Å². The first kappa shape index (κ1) is 13.4. The minimum Gasteiger partial charge on any atom is -0.384 e. The summed E-state index contributed by atoms with van der Waals surface area (Å²) >= 11 is 0. The molecule has 0 radical (unpaired) electrons. The zero-order chi connectivity index (χ0) is 14.7. The number of aryl methyl sites for hydroxylation is 1. The number of hydrogen-bond acceptors (Lipinski definition) is 2. The molecule has 0 saturated heterocycles. The maximum absolute atomic E-state index is 8.70. The summed E-state index contributed by atoms with van der Waals surface area (Å²) in [5.74, 6) is 6.57. The van der Waals surface area contributed by atoms with Gasteiger partial charge in [0.2, 0.25) is 0 Å². The summed E-state index contributed by atoms with van der Waals surface area (Å²) < 4.78 is 2.21. The smallest absolute Gasteiger partial charge is 0.107 e. The average molecular weight is 276 g/mol. The maximum atomic E-state index is 8.70. The van der Waals surface area contributed by atoms with E-state index in [0.29, 0.717) is 0 Å². The predicted octanol–water partition coefficient (Wildman–Crippen LogP) is 2.74. The van der Waals surface area contributed by atoms with Gasteiger partial charge >= 0.3 is 0 Å². The van der Waals surface area contributed by atoms with E-state index in [2.05, 4.69) is 39.6 Å². The quantitative estimate of drug-likeness (QED) is 0.731. The molecule has 0 aliphatic rings. The van der Waals surface area contributed by atoms with E-state index < -0.39 is 0 Å². The lowest BCUT2D eigenvalue weighted by atomic mass is 10.1. The van der Waals surface area contributed by atoms with Crippen molar-refractivity contribution in [3.63, 3.8) is 0 Å². The van der Waals surface area contributed by atoms with Gasteiger partial charge in [0, 0.05) is 12.1 Å². The molecule has 21 heavy (non-hydrogen) atoms. The number of aromatic nitrogens is 2. The van der Waals surface area contributed by atoms with Crippen molar-refractivity contribution >= 4 is 11.0 Å². The van der Waals surface area contributed by atoms with Crippen LogP contribution in [-0.4, -0.2) is 21.3 Å². The molecule has 0 unspecified atom stereocenters. The van der Waals surface area contributed by atoms with Crippen LogP contribution in [0.3, 0.4) is 0 Å². The number of hydrogen-bond donors (Lipinski definition) is 1. The van der Waals surface area contributed by atoms with Gasteiger partial charge in [0.1, 0.15) is 12.4 Å². The van der Waals surface area contributed by atoms with Gasteiger partial charge in [0.15, 0.2) is 0 Å². The highest BCUT2D eigenvalue weighted by Crippen LogP contribution is 2.17. The van der Waals surface area contributed by atoms with Crippen molar-refractivity contribution in [1.82, 2.24) is 9.55 Å². The number of imidazole rings is 1. The van der Waals surface area contributed by atoms with Crippen molar-refractivity contribution in [2.75, 3.05) is 6.61 Å². The molecule has 2 aromatic carbocycles. The third kappa shape index (κ3) is 2.81. The molecule has 0 fully saturated rings. The molecule has 1 heterocycles. The van der Waals surface area contributed by atoms with Crippen molar-refractivity contribution in [2.45, 2.75) is 13.5 Å². The second-order valence-electron chi connectivity index (χ2n) is 4.89. The molecule has 0 bridgehead atoms. The number of rotatable bonds is 2. The highest BCUT2D eigenvalue weighted by atomic mass is 16.2. The van der Waals surface area contributed by atoms with Crippen LogP contribution in [0, 0.1) is 18.8 Å². The lowest BCUT2D eigenvalue weighted by Gasteiger charge is -2.07. The molecule has 0 spiro atoms. The Morgan fingerprint density at radius 1 is 1.10 bits per heavy atom. The fraction of sp³-hybridized carbons (Fsp3) is 0.167. The number of aliphatic hydroxyl groups is 1. The second-order valence-corrected chi connectivity index (χ2v) is 4.89. The third-order valence-corrected chi connectivity index (χ3v) is 3.45. The molecule has 1 N–H and O–H groups in total. The van der Waals surface area contributed by atoms with E-state index in [-0.39, 0.29) is 6.61 Å². The first-order chi connectivity index (χ1) is 10.3. The zero-order valence-electron chi connectivity index (χ0n) is 11.9. The van der Waals surface area contributed by atoms with E-state index in [0.717, 1.165) is 29.0 Å². The monoisotopic (exact) mass is 276 g/mol. The van der Waals surface area contributed by atoms with Crippen LogP contribution in [0.1, 0.15) is 17.0 Å². The maximum Gasteiger partial charge on any atom is 0.107 e. The van der Waals surface area contributed by atoms with Gasteiger partial charge in [0.25, 0.3) is 0 Å². The Morgan fingerprint density at radius 3 is 2.62 bits per heavy atom. The van der Waals surface area contributed by atoms with Gasteiger partial charge < -0.3 is 9.67 Å². The molecule has 3 nitrogen and oxygen atoms in total. The van der Waals surface area contributed by atoms with Gasteiger partial charge in [-0.25, -0.2) is 4.98 Å². The lowest BCUT2D eigenvalue weighted by Crippen LogP contribution is -2.01. The lowest BCUT2D eigenvalue weighted by molar-refractivity contribution is 0.350. The Balaban J connectivity index is 1.90. The van der Waals surface area contributed by atoms with Gasteiger partial charge in [0.05, 0.1) is 11.0 Å². The summed E-state index contributed by atoms with van der Waals surface area (Å²) in [6.07, 6.45) is 0. The van der Waals surface area contributed by atoms with Crippen LogP contribution < -0.4 is 0 Å². The number of fused-ring (bicyclic) bond motifs is 1. The fourth-order valence-corrected chi connectivity index (χ4v) is 2.41. The molecule has 1 aromatic heterocycles. The topological polar surface area (TPSA) is 38.0 Å². The van der Waals surface area contributed by atoms with E-state index in [4.69, 9.17) is 5.11 Å². The van der Waals surface area contributed by atoms with Crippen LogP contribution in [0.5, 0.6) is 0 Å². The summed E-state index contributed by atoms with van der Waals surface area (Å²) in [6.45, 7) is 2.71. The Bertz CT molecular complexity index is 820. The molecule has 0 atom stereocenters. The van der Waals surface area contributed by atoms with Crippen LogP contribution in [-0.2, 0) is 6.54 Å². The molecule has 0 aliphatic carbocycles. The summed E-state index contributed by atoms with van der Waals surface area (Å²) in [5.41, 5.74) is 4.30. The normalized spacial score (nSPS) is 10.4. The first-order valence-electron chi connectivity index (χ1n) is 6.88. The predicted molar refractivity (Wildman–Crippen MR) is 84.0 cm³/mol. The molecule has 0 amide bonds. The van der Waals surface area contributed by atoms with Crippen molar-refractivity contribution in [2.24, 2.45) is 0 Å². The van der Waals surface area contributed by atoms with Gasteiger partial charge in [-0.15, -0.1) is 0 Å². The van der Waals surface area contributed by atoms with Gasteiger partial charge in [-0.1, -0.05) is 36.1 Å². The minimum absolute atomic E-state index is 0.109. The summed E-state index contributed by atoms with van der Waals surface area (Å²) in [7, 11) is 0. The van der Waals surface area contributed by atoms with E-state index in [1.54, 1.807) is 0 Å². The number of benzene rings is 2. The number of aliphatic hydroxyl groups excluding tert-OH is 1. The Labute approximate surface area is 123 Å². The minimum atomic E-state index is -0.109. The molecule has 3 heteroatoms. The zero-order valence-corrected chi connectivity index (χ0v) is 11.9. The van der Waals surface area contributed by atoms with Crippen LogP contribution in [0.15, 0.2) is 48.5 Å². The van der Waals surface area contributed by atoms with Crippen LogP contribution in [0.2, 0.25) is 0 Å². The van der Waals surface area contributed by atoms with E-state index >= 15 is 0 Å². The SMILES string of the molecule is Cc1nc2ccccc2n1Cc1ccc(C#CCO)cc1.